The minimum atomic E-state index is 0.373. The van der Waals surface area contributed by atoms with Crippen LogP contribution in [0.5, 0.6) is 0 Å². The molecular formula is C8H9N3. The first-order valence-corrected chi connectivity index (χ1v) is 3.21. The van der Waals surface area contributed by atoms with Gasteiger partial charge < -0.3 is 11.5 Å². The summed E-state index contributed by atoms with van der Waals surface area (Å²) in [5.41, 5.74) is 13.3. The van der Waals surface area contributed by atoms with E-state index in [0.29, 0.717) is 16.9 Å². The maximum atomic E-state index is 8.58. The number of nitrogen functional groups attached to an aromatic ring is 2. The van der Waals surface area contributed by atoms with Crippen LogP contribution in [0, 0.1) is 18.3 Å². The number of benzene rings is 1. The van der Waals surface area contributed by atoms with Crippen LogP contribution in [0.1, 0.15) is 11.1 Å². The summed E-state index contributed by atoms with van der Waals surface area (Å²) < 4.78 is 0. The second kappa shape index (κ2) is 2.51. The molecular weight excluding hydrogens is 138 g/mol. The predicted molar refractivity (Wildman–Crippen MR) is 44.7 cm³/mol. The van der Waals surface area contributed by atoms with Crippen LogP contribution in [-0.4, -0.2) is 0 Å². The summed E-state index contributed by atoms with van der Waals surface area (Å²) in [6, 6.07) is 5.43. The molecule has 0 saturated carbocycles. The highest BCUT2D eigenvalue weighted by atomic mass is 14.7. The lowest BCUT2D eigenvalue weighted by molar-refractivity contribution is 1.42. The van der Waals surface area contributed by atoms with Gasteiger partial charge in [-0.2, -0.15) is 5.26 Å². The molecule has 0 saturated heterocycles. The molecule has 0 bridgehead atoms. The van der Waals surface area contributed by atoms with Crippen molar-refractivity contribution in [3.63, 3.8) is 0 Å². The minimum Gasteiger partial charge on any atom is -0.397 e. The molecule has 11 heavy (non-hydrogen) atoms. The van der Waals surface area contributed by atoms with E-state index >= 15 is 0 Å². The lowest BCUT2D eigenvalue weighted by Gasteiger charge is -2.02. The van der Waals surface area contributed by atoms with Crippen LogP contribution >= 0.6 is 0 Å². The summed E-state index contributed by atoms with van der Waals surface area (Å²) in [6.07, 6.45) is 0. The summed E-state index contributed by atoms with van der Waals surface area (Å²) in [5, 5.41) is 8.58. The Hall–Kier alpha value is -1.69. The number of nitriles is 1. The second-order valence-corrected chi connectivity index (χ2v) is 2.43. The van der Waals surface area contributed by atoms with Crippen LogP contribution < -0.4 is 11.5 Å². The molecule has 3 nitrogen and oxygen atoms in total. The van der Waals surface area contributed by atoms with Gasteiger partial charge in [-0.25, -0.2) is 0 Å². The SMILES string of the molecule is Cc1cc(N)c(N)c(C#N)c1. The standard InChI is InChI=1S/C8H9N3/c1-5-2-6(4-9)8(11)7(10)3-5/h2-3H,10-11H2,1H3. The van der Waals surface area contributed by atoms with E-state index in [0.717, 1.165) is 5.56 Å². The van der Waals surface area contributed by atoms with Gasteiger partial charge >= 0.3 is 0 Å². The van der Waals surface area contributed by atoms with E-state index in [1.165, 1.54) is 0 Å². The molecule has 1 rings (SSSR count). The number of hydrogen-bond acceptors (Lipinski definition) is 3. The van der Waals surface area contributed by atoms with Gasteiger partial charge in [-0.1, -0.05) is 0 Å². The van der Waals surface area contributed by atoms with Crippen LogP contribution in [-0.2, 0) is 0 Å². The molecule has 0 spiro atoms. The van der Waals surface area contributed by atoms with Crippen molar-refractivity contribution in [1.29, 1.82) is 5.26 Å². The van der Waals surface area contributed by atoms with Crippen LogP contribution in [0.25, 0.3) is 0 Å². The van der Waals surface area contributed by atoms with Gasteiger partial charge in [0.15, 0.2) is 0 Å². The molecule has 0 heterocycles. The first-order valence-electron chi connectivity index (χ1n) is 3.21. The molecule has 0 unspecified atom stereocenters. The zero-order valence-electron chi connectivity index (χ0n) is 6.26. The number of aryl methyl sites for hydroxylation is 1. The monoisotopic (exact) mass is 147 g/mol. The van der Waals surface area contributed by atoms with E-state index in [-0.39, 0.29) is 0 Å². The number of nitrogens with two attached hydrogens (primary N) is 2. The third kappa shape index (κ3) is 1.24. The van der Waals surface area contributed by atoms with Gasteiger partial charge in [-0.05, 0) is 24.6 Å². The highest BCUT2D eigenvalue weighted by Crippen LogP contribution is 2.20. The Bertz CT molecular complexity index is 323. The molecule has 56 valence electrons. The topological polar surface area (TPSA) is 75.8 Å². The third-order valence-corrected chi connectivity index (χ3v) is 1.48. The molecule has 3 heteroatoms. The van der Waals surface area contributed by atoms with Crippen molar-refractivity contribution in [2.75, 3.05) is 11.5 Å². The maximum absolute atomic E-state index is 8.58. The Morgan fingerprint density at radius 2 is 2.00 bits per heavy atom. The molecule has 1 aromatic carbocycles. The fraction of sp³-hybridized carbons (Fsp3) is 0.125. The van der Waals surface area contributed by atoms with Crippen LogP contribution in [0.3, 0.4) is 0 Å². The van der Waals surface area contributed by atoms with Crippen LogP contribution in [0.4, 0.5) is 11.4 Å². The minimum absolute atomic E-state index is 0.373. The van der Waals surface area contributed by atoms with Crippen molar-refractivity contribution in [3.05, 3.63) is 23.3 Å². The van der Waals surface area contributed by atoms with Gasteiger partial charge in [-0.15, -0.1) is 0 Å². The van der Waals surface area contributed by atoms with Crippen LogP contribution in [0.2, 0.25) is 0 Å². The highest BCUT2D eigenvalue weighted by molar-refractivity contribution is 5.71. The molecule has 0 aliphatic rings. The first kappa shape index (κ1) is 7.42. The van der Waals surface area contributed by atoms with Crippen molar-refractivity contribution in [2.24, 2.45) is 0 Å². The summed E-state index contributed by atoms with van der Waals surface area (Å²) in [5.74, 6) is 0. The molecule has 0 atom stereocenters. The van der Waals surface area contributed by atoms with E-state index in [9.17, 15) is 0 Å². The lowest BCUT2D eigenvalue weighted by atomic mass is 10.1. The summed E-state index contributed by atoms with van der Waals surface area (Å²) in [6.45, 7) is 1.87. The third-order valence-electron chi connectivity index (χ3n) is 1.48. The normalized spacial score (nSPS) is 9.09. The first-order chi connectivity index (χ1) is 5.15. The largest absolute Gasteiger partial charge is 0.397 e. The fourth-order valence-electron chi connectivity index (χ4n) is 0.918. The maximum Gasteiger partial charge on any atom is 0.101 e. The quantitative estimate of drug-likeness (QED) is 0.538. The summed E-state index contributed by atoms with van der Waals surface area (Å²) in [7, 11) is 0. The Morgan fingerprint density at radius 1 is 1.36 bits per heavy atom. The van der Waals surface area contributed by atoms with Crippen molar-refractivity contribution >= 4 is 11.4 Å². The van der Waals surface area contributed by atoms with Gasteiger partial charge in [-0.3, -0.25) is 0 Å². The second-order valence-electron chi connectivity index (χ2n) is 2.43. The number of anilines is 2. The molecule has 0 fully saturated rings. The fourth-order valence-corrected chi connectivity index (χ4v) is 0.918. The summed E-state index contributed by atoms with van der Waals surface area (Å²) >= 11 is 0. The molecule has 0 aliphatic carbocycles. The summed E-state index contributed by atoms with van der Waals surface area (Å²) in [4.78, 5) is 0. The number of hydrogen-bond donors (Lipinski definition) is 2. The molecule has 0 radical (unpaired) electrons. The van der Waals surface area contributed by atoms with Crippen molar-refractivity contribution < 1.29 is 0 Å². The van der Waals surface area contributed by atoms with Crippen molar-refractivity contribution in [1.82, 2.24) is 0 Å². The van der Waals surface area contributed by atoms with Crippen LogP contribution in [0.15, 0.2) is 12.1 Å². The number of nitrogens with zero attached hydrogens (tertiary/aromatic N) is 1. The van der Waals surface area contributed by atoms with Gasteiger partial charge in [0.05, 0.1) is 16.9 Å². The predicted octanol–water partition coefficient (Wildman–Crippen LogP) is 1.03. The average molecular weight is 147 g/mol. The molecule has 4 N–H and O–H groups in total. The lowest BCUT2D eigenvalue weighted by Crippen LogP contribution is -1.98. The van der Waals surface area contributed by atoms with Crippen molar-refractivity contribution in [3.8, 4) is 6.07 Å². The van der Waals surface area contributed by atoms with E-state index in [1.807, 2.05) is 13.0 Å². The Labute approximate surface area is 65.2 Å². The Morgan fingerprint density at radius 3 is 2.55 bits per heavy atom. The average Bonchev–Trinajstić information content (AvgIpc) is 1.96. The Balaban J connectivity index is 3.39. The van der Waals surface area contributed by atoms with E-state index in [4.69, 9.17) is 16.7 Å². The van der Waals surface area contributed by atoms with Gasteiger partial charge in [0.2, 0.25) is 0 Å². The molecule has 0 aromatic heterocycles. The molecule has 0 amide bonds. The van der Waals surface area contributed by atoms with Gasteiger partial charge in [0.1, 0.15) is 6.07 Å². The van der Waals surface area contributed by atoms with E-state index in [1.54, 1.807) is 12.1 Å². The number of rotatable bonds is 0. The molecule has 1 aromatic rings. The highest BCUT2D eigenvalue weighted by Gasteiger charge is 2.01. The smallest absolute Gasteiger partial charge is 0.101 e. The molecule has 0 aliphatic heterocycles. The zero-order valence-corrected chi connectivity index (χ0v) is 6.26. The van der Waals surface area contributed by atoms with E-state index < -0.39 is 0 Å². The van der Waals surface area contributed by atoms with Crippen molar-refractivity contribution in [2.45, 2.75) is 6.92 Å². The Kier molecular flexibility index (Phi) is 1.69. The van der Waals surface area contributed by atoms with Gasteiger partial charge in [0.25, 0.3) is 0 Å². The zero-order chi connectivity index (χ0) is 8.43. The van der Waals surface area contributed by atoms with Gasteiger partial charge in [0, 0.05) is 0 Å². The van der Waals surface area contributed by atoms with E-state index in [2.05, 4.69) is 0 Å².